The highest BCUT2D eigenvalue weighted by Gasteiger charge is 2.09. The van der Waals surface area contributed by atoms with E-state index in [0.717, 1.165) is 16.3 Å². The van der Waals surface area contributed by atoms with E-state index in [2.05, 4.69) is 10.6 Å². The molecule has 0 spiro atoms. The van der Waals surface area contributed by atoms with Crippen molar-refractivity contribution < 1.29 is 14.0 Å². The van der Waals surface area contributed by atoms with Crippen LogP contribution in [0.5, 0.6) is 0 Å². The van der Waals surface area contributed by atoms with Crippen LogP contribution in [0, 0.1) is 0 Å². The van der Waals surface area contributed by atoms with Crippen LogP contribution in [0.4, 0.5) is 5.69 Å². The summed E-state index contributed by atoms with van der Waals surface area (Å²) < 4.78 is 5.06. The molecule has 1 aromatic heterocycles. The second kappa shape index (κ2) is 7.98. The summed E-state index contributed by atoms with van der Waals surface area (Å²) in [6, 6.07) is 21.6. The number of amides is 2. The van der Waals surface area contributed by atoms with Crippen LogP contribution >= 0.6 is 0 Å². The normalized spacial score (nSPS) is 10.8. The lowest BCUT2D eigenvalue weighted by atomic mass is 10.0. The first-order chi connectivity index (χ1) is 14.1. The Kier molecular flexibility index (Phi) is 5.07. The molecule has 4 aromatic rings. The largest absolute Gasteiger partial charge is 0.423 e. The summed E-state index contributed by atoms with van der Waals surface area (Å²) in [4.78, 5) is 35.7. The van der Waals surface area contributed by atoms with Crippen molar-refractivity contribution in [2.75, 3.05) is 11.9 Å². The van der Waals surface area contributed by atoms with Crippen LogP contribution in [0.25, 0.3) is 21.7 Å². The van der Waals surface area contributed by atoms with E-state index >= 15 is 0 Å². The van der Waals surface area contributed by atoms with Crippen molar-refractivity contribution in [3.8, 4) is 0 Å². The van der Waals surface area contributed by atoms with Gasteiger partial charge in [-0.05, 0) is 40.6 Å². The number of hydrogen-bond donors (Lipinski definition) is 2. The highest BCUT2D eigenvalue weighted by Crippen LogP contribution is 2.19. The zero-order chi connectivity index (χ0) is 20.2. The minimum Gasteiger partial charge on any atom is -0.423 e. The first-order valence-electron chi connectivity index (χ1n) is 9.15. The number of carbonyl (C=O) groups excluding carboxylic acids is 2. The molecule has 2 amide bonds. The molecule has 3 aromatic carbocycles. The molecule has 6 heteroatoms. The lowest BCUT2D eigenvalue weighted by Crippen LogP contribution is -2.33. The first-order valence-corrected chi connectivity index (χ1v) is 9.15. The number of fused-ring (bicyclic) bond motifs is 2. The van der Waals surface area contributed by atoms with E-state index in [-0.39, 0.29) is 24.8 Å². The average Bonchev–Trinajstić information content (AvgIpc) is 2.73. The van der Waals surface area contributed by atoms with Gasteiger partial charge in [0.1, 0.15) is 5.58 Å². The van der Waals surface area contributed by atoms with Gasteiger partial charge in [-0.25, -0.2) is 4.79 Å². The number of hydrogen-bond acceptors (Lipinski definition) is 4. The van der Waals surface area contributed by atoms with E-state index < -0.39 is 5.63 Å². The molecule has 0 aliphatic carbocycles. The molecule has 29 heavy (non-hydrogen) atoms. The Morgan fingerprint density at radius 2 is 1.66 bits per heavy atom. The minimum atomic E-state index is -0.428. The van der Waals surface area contributed by atoms with Crippen molar-refractivity contribution in [3.05, 3.63) is 88.8 Å². The smallest absolute Gasteiger partial charge is 0.336 e. The van der Waals surface area contributed by atoms with Crippen LogP contribution in [0.2, 0.25) is 0 Å². The molecule has 0 atom stereocenters. The summed E-state index contributed by atoms with van der Waals surface area (Å²) in [6.07, 6.45) is 0.198. The SMILES string of the molecule is O=C(Cc1cccc2ccccc12)NCC(=O)Nc1ccc2oc(=O)ccc2c1. The quantitative estimate of drug-likeness (QED) is 0.516. The van der Waals surface area contributed by atoms with Gasteiger partial charge in [0, 0.05) is 17.1 Å². The number of benzene rings is 3. The van der Waals surface area contributed by atoms with Crippen LogP contribution in [0.15, 0.2) is 82.0 Å². The molecule has 6 nitrogen and oxygen atoms in total. The molecule has 0 aliphatic rings. The zero-order valence-corrected chi connectivity index (χ0v) is 15.5. The van der Waals surface area contributed by atoms with Gasteiger partial charge in [-0.3, -0.25) is 9.59 Å². The molecule has 0 fully saturated rings. The third-order valence-electron chi connectivity index (χ3n) is 4.58. The molecular formula is C23H18N2O4. The van der Waals surface area contributed by atoms with Crippen molar-refractivity contribution in [3.63, 3.8) is 0 Å². The fourth-order valence-electron chi connectivity index (χ4n) is 3.22. The Bertz CT molecular complexity index is 1270. The molecular weight excluding hydrogens is 368 g/mol. The Labute approximate surface area is 166 Å². The summed E-state index contributed by atoms with van der Waals surface area (Å²) in [5.41, 5.74) is 1.48. The molecule has 2 N–H and O–H groups in total. The van der Waals surface area contributed by atoms with Gasteiger partial charge < -0.3 is 15.1 Å². The monoisotopic (exact) mass is 386 g/mol. The van der Waals surface area contributed by atoms with Gasteiger partial charge in [-0.15, -0.1) is 0 Å². The van der Waals surface area contributed by atoms with E-state index in [0.29, 0.717) is 16.7 Å². The van der Waals surface area contributed by atoms with Gasteiger partial charge in [-0.2, -0.15) is 0 Å². The molecule has 0 saturated carbocycles. The summed E-state index contributed by atoms with van der Waals surface area (Å²) in [5, 5.41) is 8.17. The molecule has 0 aliphatic heterocycles. The van der Waals surface area contributed by atoms with Crippen LogP contribution in [0.3, 0.4) is 0 Å². The first kappa shape index (κ1) is 18.4. The third kappa shape index (κ3) is 4.32. The second-order valence-corrected chi connectivity index (χ2v) is 6.65. The van der Waals surface area contributed by atoms with Crippen molar-refractivity contribution in [1.29, 1.82) is 0 Å². The fourth-order valence-corrected chi connectivity index (χ4v) is 3.22. The predicted molar refractivity (Wildman–Crippen MR) is 112 cm³/mol. The molecule has 0 bridgehead atoms. The van der Waals surface area contributed by atoms with Gasteiger partial charge >= 0.3 is 5.63 Å². The topological polar surface area (TPSA) is 88.4 Å². The summed E-state index contributed by atoms with van der Waals surface area (Å²) in [5.74, 6) is -0.565. The van der Waals surface area contributed by atoms with E-state index in [4.69, 9.17) is 4.42 Å². The van der Waals surface area contributed by atoms with Gasteiger partial charge in [0.2, 0.25) is 11.8 Å². The van der Waals surface area contributed by atoms with Crippen LogP contribution in [-0.2, 0) is 16.0 Å². The maximum absolute atomic E-state index is 12.3. The van der Waals surface area contributed by atoms with Gasteiger partial charge in [-0.1, -0.05) is 42.5 Å². The standard InChI is InChI=1S/C23H18N2O4/c26-21(13-16-6-3-5-15-4-1-2-7-19(15)16)24-14-22(27)25-18-9-10-20-17(12-18)8-11-23(28)29-20/h1-12H,13-14H2,(H,24,26)(H,25,27). The molecule has 144 valence electrons. The maximum Gasteiger partial charge on any atom is 0.336 e. The average molecular weight is 386 g/mol. The Morgan fingerprint density at radius 1 is 0.828 bits per heavy atom. The fraction of sp³-hybridized carbons (Fsp3) is 0.0870. The van der Waals surface area contributed by atoms with Crippen molar-refractivity contribution >= 4 is 39.2 Å². The van der Waals surface area contributed by atoms with E-state index in [1.54, 1.807) is 24.3 Å². The van der Waals surface area contributed by atoms with Gasteiger partial charge in [0.05, 0.1) is 13.0 Å². The Morgan fingerprint density at radius 3 is 2.55 bits per heavy atom. The second-order valence-electron chi connectivity index (χ2n) is 6.65. The number of anilines is 1. The number of nitrogens with one attached hydrogen (secondary N) is 2. The van der Waals surface area contributed by atoms with Crippen molar-refractivity contribution in [2.45, 2.75) is 6.42 Å². The van der Waals surface area contributed by atoms with Gasteiger partial charge in [0.25, 0.3) is 0 Å². The Hall–Kier alpha value is -3.93. The molecule has 0 radical (unpaired) electrons. The number of rotatable bonds is 5. The van der Waals surface area contributed by atoms with Crippen LogP contribution in [0.1, 0.15) is 5.56 Å². The molecule has 1 heterocycles. The summed E-state index contributed by atoms with van der Waals surface area (Å²) in [6.45, 7) is -0.133. The highest BCUT2D eigenvalue weighted by molar-refractivity contribution is 5.97. The molecule has 0 unspecified atom stereocenters. The van der Waals surface area contributed by atoms with E-state index in [9.17, 15) is 14.4 Å². The van der Waals surface area contributed by atoms with E-state index in [1.807, 2.05) is 42.5 Å². The highest BCUT2D eigenvalue weighted by atomic mass is 16.4. The predicted octanol–water partition coefficient (Wildman–Crippen LogP) is 3.24. The zero-order valence-electron chi connectivity index (χ0n) is 15.5. The summed E-state index contributed by atoms with van der Waals surface area (Å²) in [7, 11) is 0. The maximum atomic E-state index is 12.3. The van der Waals surface area contributed by atoms with Crippen molar-refractivity contribution in [1.82, 2.24) is 5.32 Å². The molecule has 0 saturated heterocycles. The molecule has 4 rings (SSSR count). The third-order valence-corrected chi connectivity index (χ3v) is 4.58. The van der Waals surface area contributed by atoms with Crippen LogP contribution < -0.4 is 16.3 Å². The number of carbonyl (C=O) groups is 2. The van der Waals surface area contributed by atoms with E-state index in [1.165, 1.54) is 6.07 Å². The van der Waals surface area contributed by atoms with Crippen LogP contribution in [-0.4, -0.2) is 18.4 Å². The summed E-state index contributed by atoms with van der Waals surface area (Å²) >= 11 is 0. The minimum absolute atomic E-state index is 0.133. The van der Waals surface area contributed by atoms with Gasteiger partial charge in [0.15, 0.2) is 0 Å². The van der Waals surface area contributed by atoms with Crippen molar-refractivity contribution in [2.24, 2.45) is 0 Å². The Balaban J connectivity index is 1.36. The lowest BCUT2D eigenvalue weighted by molar-refractivity contribution is -0.123. The lowest BCUT2D eigenvalue weighted by Gasteiger charge is -2.09.